The Bertz CT molecular complexity index is 1480. The molecule has 0 fully saturated rings. The van der Waals surface area contributed by atoms with Crippen LogP contribution in [0.5, 0.6) is 11.5 Å². The monoisotopic (exact) mass is 573 g/mol. The molecule has 0 spiro atoms. The van der Waals surface area contributed by atoms with Gasteiger partial charge in [0.25, 0.3) is 5.91 Å². The highest BCUT2D eigenvalue weighted by Crippen LogP contribution is 2.29. The molecule has 0 saturated heterocycles. The maximum atomic E-state index is 12.9. The first kappa shape index (κ1) is 29.7. The molecule has 0 aliphatic rings. The molecule has 0 saturated carbocycles. The molecular weight excluding hydrogens is 538 g/mol. The molecule has 0 aliphatic carbocycles. The molecule has 4 rings (SSSR count). The van der Waals surface area contributed by atoms with Crippen LogP contribution in [0.1, 0.15) is 49.4 Å². The molecule has 0 atom stereocenters. The topological polar surface area (TPSA) is 107 Å². The van der Waals surface area contributed by atoms with Gasteiger partial charge >= 0.3 is 0 Å². The van der Waals surface area contributed by atoms with E-state index in [1.807, 2.05) is 67.6 Å². The first-order valence-corrected chi connectivity index (χ1v) is 14.3. The van der Waals surface area contributed by atoms with Gasteiger partial charge < -0.3 is 20.1 Å². The number of carbonyl (C=O) groups excluding carboxylic acids is 2. The molecular formula is C31H35N5O4S. The number of aromatic nitrogens is 3. The standard InChI is InChI=1S/C31H35N5O4S/c1-6-40-24-17-15-23(16-18-24)33-28(37)20-41-30-35-34-27(36(30)25-9-7-8-10-26(25)39-5)19-32-29(38)21-11-13-22(14-12-21)31(2,3)4/h7-18H,6,19-20H2,1-5H3,(H,32,38)(H,33,37). The number of para-hydroxylation sites is 2. The highest BCUT2D eigenvalue weighted by atomic mass is 32.2. The fourth-order valence-electron chi connectivity index (χ4n) is 4.08. The minimum Gasteiger partial charge on any atom is -0.495 e. The van der Waals surface area contributed by atoms with E-state index < -0.39 is 0 Å². The van der Waals surface area contributed by atoms with Crippen LogP contribution in [0.4, 0.5) is 5.69 Å². The van der Waals surface area contributed by atoms with Gasteiger partial charge in [0.15, 0.2) is 11.0 Å². The number of hydrogen-bond acceptors (Lipinski definition) is 7. The molecule has 2 amide bonds. The lowest BCUT2D eigenvalue weighted by molar-refractivity contribution is -0.113. The second-order valence-corrected chi connectivity index (χ2v) is 11.2. The van der Waals surface area contributed by atoms with E-state index in [0.29, 0.717) is 40.3 Å². The molecule has 0 bridgehead atoms. The van der Waals surface area contributed by atoms with Crippen molar-refractivity contribution in [2.24, 2.45) is 0 Å². The second kappa shape index (κ2) is 13.4. The van der Waals surface area contributed by atoms with Crippen molar-refractivity contribution in [3.63, 3.8) is 0 Å². The zero-order valence-electron chi connectivity index (χ0n) is 23.9. The van der Waals surface area contributed by atoms with Gasteiger partial charge in [0, 0.05) is 11.3 Å². The number of amides is 2. The summed E-state index contributed by atoms with van der Waals surface area (Å²) in [5, 5.41) is 15.0. The van der Waals surface area contributed by atoms with E-state index in [2.05, 4.69) is 41.6 Å². The molecule has 0 radical (unpaired) electrons. The van der Waals surface area contributed by atoms with Crippen LogP contribution in [0.25, 0.3) is 5.69 Å². The molecule has 214 valence electrons. The minimum absolute atomic E-state index is 0.000636. The zero-order valence-corrected chi connectivity index (χ0v) is 24.7. The van der Waals surface area contributed by atoms with Crippen molar-refractivity contribution in [3.8, 4) is 17.2 Å². The molecule has 0 aliphatic heterocycles. The van der Waals surface area contributed by atoms with Gasteiger partial charge in [-0.15, -0.1) is 10.2 Å². The van der Waals surface area contributed by atoms with Crippen molar-refractivity contribution in [3.05, 3.63) is 89.7 Å². The lowest BCUT2D eigenvalue weighted by Crippen LogP contribution is -2.25. The number of benzene rings is 3. The molecule has 10 heteroatoms. The third-order valence-electron chi connectivity index (χ3n) is 6.23. The summed E-state index contributed by atoms with van der Waals surface area (Å²) in [5.41, 5.74) is 3.08. The van der Waals surface area contributed by atoms with Gasteiger partial charge in [-0.3, -0.25) is 14.2 Å². The Morgan fingerprint density at radius 1 is 0.951 bits per heavy atom. The van der Waals surface area contributed by atoms with Crippen LogP contribution in [0, 0.1) is 0 Å². The Labute approximate surface area is 244 Å². The van der Waals surface area contributed by atoms with Gasteiger partial charge in [-0.05, 0) is 66.4 Å². The molecule has 3 aromatic carbocycles. The minimum atomic E-state index is -0.219. The maximum absolute atomic E-state index is 12.9. The van der Waals surface area contributed by atoms with Crippen molar-refractivity contribution >= 4 is 29.3 Å². The predicted molar refractivity (Wildman–Crippen MR) is 161 cm³/mol. The number of methoxy groups -OCH3 is 1. The van der Waals surface area contributed by atoms with E-state index in [-0.39, 0.29) is 29.5 Å². The molecule has 1 heterocycles. The number of rotatable bonds is 11. The fraction of sp³-hybridized carbons (Fsp3) is 0.290. The van der Waals surface area contributed by atoms with Crippen LogP contribution in [0.2, 0.25) is 0 Å². The average Bonchev–Trinajstić information content (AvgIpc) is 3.38. The van der Waals surface area contributed by atoms with Crippen LogP contribution >= 0.6 is 11.8 Å². The summed E-state index contributed by atoms with van der Waals surface area (Å²) >= 11 is 1.24. The smallest absolute Gasteiger partial charge is 0.251 e. The molecule has 41 heavy (non-hydrogen) atoms. The largest absolute Gasteiger partial charge is 0.495 e. The van der Waals surface area contributed by atoms with Gasteiger partial charge in [-0.25, -0.2) is 0 Å². The summed E-state index contributed by atoms with van der Waals surface area (Å²) in [5.74, 6) is 1.55. The Morgan fingerprint density at radius 3 is 2.32 bits per heavy atom. The van der Waals surface area contributed by atoms with Gasteiger partial charge in [-0.1, -0.05) is 56.8 Å². The highest BCUT2D eigenvalue weighted by Gasteiger charge is 2.20. The molecule has 0 unspecified atom stereocenters. The van der Waals surface area contributed by atoms with Gasteiger partial charge in [0.1, 0.15) is 11.5 Å². The Balaban J connectivity index is 1.49. The number of anilines is 1. The number of thioether (sulfide) groups is 1. The predicted octanol–water partition coefficient (Wildman–Crippen LogP) is 5.63. The normalized spacial score (nSPS) is 11.1. The van der Waals surface area contributed by atoms with Crippen molar-refractivity contribution in [2.75, 3.05) is 24.8 Å². The maximum Gasteiger partial charge on any atom is 0.251 e. The molecule has 2 N–H and O–H groups in total. The third-order valence-corrected chi connectivity index (χ3v) is 7.16. The molecule has 1 aromatic heterocycles. The van der Waals surface area contributed by atoms with E-state index >= 15 is 0 Å². The van der Waals surface area contributed by atoms with Gasteiger partial charge in [0.2, 0.25) is 5.91 Å². The number of ether oxygens (including phenoxy) is 2. The SMILES string of the molecule is CCOc1ccc(NC(=O)CSc2nnc(CNC(=O)c3ccc(C(C)(C)C)cc3)n2-c2ccccc2OC)cc1. The Kier molecular flexibility index (Phi) is 9.67. The first-order chi connectivity index (χ1) is 19.7. The number of hydrogen-bond donors (Lipinski definition) is 2. The van der Waals surface area contributed by atoms with E-state index in [0.717, 1.165) is 11.3 Å². The summed E-state index contributed by atoms with van der Waals surface area (Å²) < 4.78 is 12.8. The summed E-state index contributed by atoms with van der Waals surface area (Å²) in [6.07, 6.45) is 0. The Hall–Kier alpha value is -4.31. The van der Waals surface area contributed by atoms with E-state index in [1.54, 1.807) is 23.8 Å². The van der Waals surface area contributed by atoms with Crippen LogP contribution in [-0.2, 0) is 16.8 Å². The van der Waals surface area contributed by atoms with Crippen LogP contribution in [0.3, 0.4) is 0 Å². The van der Waals surface area contributed by atoms with Gasteiger partial charge in [0.05, 0.1) is 31.7 Å². The lowest BCUT2D eigenvalue weighted by Gasteiger charge is -2.19. The molecule has 9 nitrogen and oxygen atoms in total. The van der Waals surface area contributed by atoms with Crippen molar-refractivity contribution < 1.29 is 19.1 Å². The lowest BCUT2D eigenvalue weighted by atomic mass is 9.87. The summed E-state index contributed by atoms with van der Waals surface area (Å²) in [4.78, 5) is 25.7. The molecule has 4 aromatic rings. The third kappa shape index (κ3) is 7.67. The van der Waals surface area contributed by atoms with Crippen molar-refractivity contribution in [2.45, 2.75) is 44.8 Å². The van der Waals surface area contributed by atoms with E-state index in [4.69, 9.17) is 9.47 Å². The van der Waals surface area contributed by atoms with E-state index in [9.17, 15) is 9.59 Å². The van der Waals surface area contributed by atoms with Crippen molar-refractivity contribution in [1.29, 1.82) is 0 Å². The van der Waals surface area contributed by atoms with Crippen LogP contribution in [0.15, 0.2) is 78.0 Å². The van der Waals surface area contributed by atoms with Gasteiger partial charge in [-0.2, -0.15) is 0 Å². The number of carbonyl (C=O) groups is 2. The second-order valence-electron chi connectivity index (χ2n) is 10.2. The number of nitrogens with zero attached hydrogens (tertiary/aromatic N) is 3. The summed E-state index contributed by atoms with van der Waals surface area (Å²) in [6, 6.07) is 22.3. The summed E-state index contributed by atoms with van der Waals surface area (Å²) in [6.45, 7) is 9.02. The fourth-order valence-corrected chi connectivity index (χ4v) is 4.84. The number of nitrogens with one attached hydrogen (secondary N) is 2. The first-order valence-electron chi connectivity index (χ1n) is 13.3. The highest BCUT2D eigenvalue weighted by molar-refractivity contribution is 7.99. The average molecular weight is 574 g/mol. The zero-order chi connectivity index (χ0) is 29.4. The Morgan fingerprint density at radius 2 is 1.66 bits per heavy atom. The summed E-state index contributed by atoms with van der Waals surface area (Å²) in [7, 11) is 1.59. The van der Waals surface area contributed by atoms with Crippen LogP contribution in [-0.4, -0.2) is 46.0 Å². The van der Waals surface area contributed by atoms with Crippen LogP contribution < -0.4 is 20.1 Å². The van der Waals surface area contributed by atoms with Crippen molar-refractivity contribution in [1.82, 2.24) is 20.1 Å². The van der Waals surface area contributed by atoms with E-state index in [1.165, 1.54) is 11.8 Å². The quantitative estimate of drug-likeness (QED) is 0.224.